The third-order valence-electron chi connectivity index (χ3n) is 4.52. The maximum absolute atomic E-state index is 11.7. The van der Waals surface area contributed by atoms with Crippen LogP contribution < -0.4 is 4.74 Å². The summed E-state index contributed by atoms with van der Waals surface area (Å²) in [5, 5.41) is 0. The predicted molar refractivity (Wildman–Crippen MR) is 114 cm³/mol. The molecule has 1 aromatic heterocycles. The predicted octanol–water partition coefficient (Wildman–Crippen LogP) is 4.00. The van der Waals surface area contributed by atoms with Crippen molar-refractivity contribution in [1.29, 1.82) is 0 Å². The molecule has 3 rings (SSSR count). The summed E-state index contributed by atoms with van der Waals surface area (Å²) >= 11 is 0. The molecule has 160 valence electrons. The fourth-order valence-electron chi connectivity index (χ4n) is 2.88. The first kappa shape index (κ1) is 21.8. The van der Waals surface area contributed by atoms with E-state index in [0.29, 0.717) is 30.2 Å². The molecule has 0 saturated heterocycles. The van der Waals surface area contributed by atoms with Crippen molar-refractivity contribution >= 4 is 18.0 Å². The van der Waals surface area contributed by atoms with Gasteiger partial charge in [0.1, 0.15) is 17.1 Å². The molecule has 1 heterocycles. The van der Waals surface area contributed by atoms with Crippen LogP contribution in [0.15, 0.2) is 64.6 Å². The van der Waals surface area contributed by atoms with Crippen LogP contribution in [0.3, 0.4) is 0 Å². The van der Waals surface area contributed by atoms with Gasteiger partial charge in [-0.15, -0.1) is 0 Å². The Morgan fingerprint density at radius 2 is 1.61 bits per heavy atom. The highest BCUT2D eigenvalue weighted by atomic mass is 16.6. The number of rotatable bonds is 8. The smallest absolute Gasteiger partial charge is 0.345 e. The number of oxazole rings is 1. The van der Waals surface area contributed by atoms with Crippen LogP contribution in [0.5, 0.6) is 5.75 Å². The number of carbonyl (C=O) groups is 2. The number of hydrogen-bond donors (Lipinski definition) is 0. The number of esters is 2. The first-order valence-electron chi connectivity index (χ1n) is 9.64. The molecule has 0 unspecified atom stereocenters. The summed E-state index contributed by atoms with van der Waals surface area (Å²) in [5.41, 5.74) is 2.23. The van der Waals surface area contributed by atoms with Crippen molar-refractivity contribution in [3.05, 3.63) is 77.2 Å². The summed E-state index contributed by atoms with van der Waals surface area (Å²) in [5.74, 6) is 0.492. The lowest BCUT2D eigenvalue weighted by atomic mass is 10.2. The fraction of sp³-hybridized carbons (Fsp3) is 0.208. The van der Waals surface area contributed by atoms with Crippen molar-refractivity contribution in [2.24, 2.45) is 0 Å². The van der Waals surface area contributed by atoms with Gasteiger partial charge in [-0.2, -0.15) is 0 Å². The minimum Gasteiger partial charge on any atom is -0.493 e. The van der Waals surface area contributed by atoms with E-state index >= 15 is 0 Å². The van der Waals surface area contributed by atoms with E-state index in [1.54, 1.807) is 24.3 Å². The van der Waals surface area contributed by atoms with E-state index in [4.69, 9.17) is 9.15 Å². The van der Waals surface area contributed by atoms with Gasteiger partial charge < -0.3 is 18.6 Å². The number of methoxy groups -OCH3 is 2. The topological polar surface area (TPSA) is 87.9 Å². The highest BCUT2D eigenvalue weighted by Crippen LogP contribution is 2.22. The summed E-state index contributed by atoms with van der Waals surface area (Å²) in [6.07, 6.45) is 2.00. The van der Waals surface area contributed by atoms with E-state index < -0.39 is 11.9 Å². The molecule has 0 radical (unpaired) electrons. The Labute approximate surface area is 180 Å². The molecule has 0 aliphatic heterocycles. The van der Waals surface area contributed by atoms with E-state index in [-0.39, 0.29) is 5.57 Å². The molecule has 2 aromatic carbocycles. The van der Waals surface area contributed by atoms with Crippen LogP contribution in [0.25, 0.3) is 17.5 Å². The number of ether oxygens (including phenoxy) is 3. The standard InChI is InChI=1S/C24H23NO6/c1-16-21(25-22(31-16)18-7-5-4-6-8-18)13-14-30-19-11-9-17(10-12-19)15-20(23(26)28-2)24(27)29-3/h4-12,15H,13-14H2,1-3H3/i9+1,10+1,11+1,12+1,17+1,19+1. The Morgan fingerprint density at radius 3 is 2.23 bits per heavy atom. The number of nitrogens with zero attached hydrogens (tertiary/aromatic N) is 1. The van der Waals surface area contributed by atoms with E-state index in [1.165, 1.54) is 20.3 Å². The third-order valence-corrected chi connectivity index (χ3v) is 4.52. The van der Waals surface area contributed by atoms with Crippen LogP contribution in [0.4, 0.5) is 0 Å². The summed E-state index contributed by atoms with van der Waals surface area (Å²) in [4.78, 5) is 28.1. The molecule has 7 heteroatoms. The van der Waals surface area contributed by atoms with E-state index in [1.807, 2.05) is 37.3 Å². The van der Waals surface area contributed by atoms with Crippen LogP contribution in [-0.2, 0) is 25.5 Å². The first-order chi connectivity index (χ1) is 15.0. The number of aromatic nitrogens is 1. The second-order valence-corrected chi connectivity index (χ2v) is 6.60. The number of aryl methyl sites for hydroxylation is 1. The van der Waals surface area contributed by atoms with Crippen molar-refractivity contribution in [2.45, 2.75) is 13.3 Å². The molecule has 0 fully saturated rings. The second-order valence-electron chi connectivity index (χ2n) is 6.60. The number of carbonyl (C=O) groups excluding carboxylic acids is 2. The Morgan fingerprint density at radius 1 is 0.968 bits per heavy atom. The highest BCUT2D eigenvalue weighted by molar-refractivity contribution is 6.17. The van der Waals surface area contributed by atoms with Gasteiger partial charge in [-0.05, 0) is 42.8 Å². The Bertz CT molecular complexity index is 1050. The molecule has 3 aromatic rings. The normalized spacial score (nSPS) is 10.3. The van der Waals surface area contributed by atoms with E-state index in [9.17, 15) is 9.59 Å². The molecule has 7 nitrogen and oxygen atoms in total. The molecule has 31 heavy (non-hydrogen) atoms. The molecule has 0 aliphatic carbocycles. The second kappa shape index (κ2) is 10.2. The molecule has 0 saturated carbocycles. The summed E-state index contributed by atoms with van der Waals surface area (Å²) in [6, 6.07) is 16.7. The lowest BCUT2D eigenvalue weighted by molar-refractivity contribution is -0.143. The van der Waals surface area contributed by atoms with Gasteiger partial charge in [0.05, 0.1) is 26.5 Å². The molecule has 0 aliphatic rings. The first-order valence-corrected chi connectivity index (χ1v) is 9.64. The van der Waals surface area contributed by atoms with Crippen LogP contribution in [-0.4, -0.2) is 37.7 Å². The monoisotopic (exact) mass is 427 g/mol. The van der Waals surface area contributed by atoms with Crippen LogP contribution in [0.2, 0.25) is 0 Å². The zero-order valence-electron chi connectivity index (χ0n) is 17.6. The lowest BCUT2D eigenvalue weighted by Gasteiger charge is -2.06. The lowest BCUT2D eigenvalue weighted by Crippen LogP contribution is -2.15. The molecular weight excluding hydrogens is 404 g/mol. The third kappa shape index (κ3) is 5.60. The van der Waals surface area contributed by atoms with Crippen LogP contribution in [0.1, 0.15) is 17.0 Å². The summed E-state index contributed by atoms with van der Waals surface area (Å²) in [7, 11) is 2.41. The maximum atomic E-state index is 11.7. The van der Waals surface area contributed by atoms with Gasteiger partial charge in [0.2, 0.25) is 5.89 Å². The zero-order valence-corrected chi connectivity index (χ0v) is 17.6. The number of benzene rings is 2. The van der Waals surface area contributed by atoms with Crippen molar-refractivity contribution in [1.82, 2.24) is 4.98 Å². The van der Waals surface area contributed by atoms with Crippen LogP contribution in [0, 0.1) is 6.92 Å². The molecular formula is C24H23NO6. The zero-order chi connectivity index (χ0) is 22.2. The average Bonchev–Trinajstić information content (AvgIpc) is 3.18. The van der Waals surface area contributed by atoms with Gasteiger partial charge in [-0.3, -0.25) is 0 Å². The van der Waals surface area contributed by atoms with Crippen molar-refractivity contribution in [3.8, 4) is 17.2 Å². The Balaban J connectivity index is 1.61. The largest absolute Gasteiger partial charge is 0.493 e. The Hall–Kier alpha value is -3.87. The minimum absolute atomic E-state index is 0.186. The quantitative estimate of drug-likeness (QED) is 0.232. The van der Waals surface area contributed by atoms with Gasteiger partial charge in [0, 0.05) is 12.0 Å². The van der Waals surface area contributed by atoms with Gasteiger partial charge in [0.15, 0.2) is 0 Å². The molecule has 0 N–H and O–H groups in total. The van der Waals surface area contributed by atoms with Crippen molar-refractivity contribution in [2.75, 3.05) is 20.8 Å². The van der Waals surface area contributed by atoms with E-state index in [2.05, 4.69) is 14.5 Å². The average molecular weight is 427 g/mol. The number of hydrogen-bond acceptors (Lipinski definition) is 7. The molecule has 0 amide bonds. The van der Waals surface area contributed by atoms with Gasteiger partial charge in [0.25, 0.3) is 0 Å². The van der Waals surface area contributed by atoms with Gasteiger partial charge in [-0.1, -0.05) is 30.3 Å². The minimum atomic E-state index is -0.759. The van der Waals surface area contributed by atoms with Gasteiger partial charge in [-0.25, -0.2) is 14.6 Å². The SMILES string of the molecule is COC(=O)C(=C[13c]1[13cH][13cH][13c](OCCc2nc(-c3ccccc3)oc2C)[13cH][13cH]1)C(=O)OC. The van der Waals surface area contributed by atoms with Gasteiger partial charge >= 0.3 is 11.9 Å². The van der Waals surface area contributed by atoms with E-state index in [0.717, 1.165) is 17.0 Å². The fourth-order valence-corrected chi connectivity index (χ4v) is 2.88. The highest BCUT2D eigenvalue weighted by Gasteiger charge is 2.19. The van der Waals surface area contributed by atoms with Crippen molar-refractivity contribution < 1.29 is 28.2 Å². The summed E-state index contributed by atoms with van der Waals surface area (Å²) in [6.45, 7) is 2.31. The summed E-state index contributed by atoms with van der Waals surface area (Å²) < 4.78 is 20.8. The van der Waals surface area contributed by atoms with Crippen molar-refractivity contribution in [3.63, 3.8) is 0 Å². The molecule has 0 atom stereocenters. The molecule has 0 bridgehead atoms. The maximum Gasteiger partial charge on any atom is 0.345 e. The van der Waals surface area contributed by atoms with Crippen LogP contribution >= 0.6 is 0 Å². The molecule has 0 spiro atoms. The Kier molecular flexibility index (Phi) is 7.22.